The van der Waals surface area contributed by atoms with Crippen molar-refractivity contribution in [2.75, 3.05) is 13.2 Å². The molecule has 0 aliphatic carbocycles. The molecule has 0 saturated carbocycles. The smallest absolute Gasteiger partial charge is 0.306 e. The van der Waals surface area contributed by atoms with Gasteiger partial charge in [-0.25, -0.2) is 0 Å². The molecule has 1 atom stereocenters. The molecule has 0 bridgehead atoms. The van der Waals surface area contributed by atoms with E-state index in [1.807, 2.05) is 0 Å². The second-order valence-electron chi connectivity index (χ2n) is 24.5. The molecule has 0 spiro atoms. The predicted octanol–water partition coefficient (Wildman–Crippen LogP) is 25.1. The summed E-state index contributed by atoms with van der Waals surface area (Å²) in [6.07, 6.45) is 91.1. The topological polar surface area (TPSA) is 78.9 Å². The number of carbonyl (C=O) groups excluding carboxylic acids is 3. The molecule has 0 heterocycles. The summed E-state index contributed by atoms with van der Waals surface area (Å²) in [7, 11) is 0. The standard InChI is InChI=1S/C76H138O6/c1-4-7-10-13-16-19-22-25-28-31-32-33-34-35-36-37-38-39-40-41-42-43-44-46-48-51-54-57-60-63-66-69-75(78)81-72-73(71-80-74(77)68-65-62-59-56-53-50-47-30-27-24-21-18-15-12-9-6-3)82-76(79)70-67-64-61-58-55-52-49-45-29-26-23-20-17-14-11-8-5-2/h21-22,24-25,30-32,34-35,47,73H,4-20,23,26-29,33,36-46,48-72H2,1-3H3/b24-21-,25-22-,32-31-,35-34-,47-30-. The van der Waals surface area contributed by atoms with Crippen LogP contribution >= 0.6 is 0 Å². The van der Waals surface area contributed by atoms with Crippen LogP contribution in [0.15, 0.2) is 60.8 Å². The summed E-state index contributed by atoms with van der Waals surface area (Å²) in [5, 5.41) is 0. The minimum atomic E-state index is -0.779. The van der Waals surface area contributed by atoms with Crippen molar-refractivity contribution in [3.05, 3.63) is 60.8 Å². The molecule has 0 aromatic carbocycles. The van der Waals surface area contributed by atoms with Gasteiger partial charge in [0.1, 0.15) is 13.2 Å². The second kappa shape index (κ2) is 70.6. The molecule has 6 nitrogen and oxygen atoms in total. The Balaban J connectivity index is 4.22. The van der Waals surface area contributed by atoms with Gasteiger partial charge in [0.15, 0.2) is 6.10 Å². The van der Waals surface area contributed by atoms with Gasteiger partial charge in [0, 0.05) is 19.3 Å². The zero-order chi connectivity index (χ0) is 59.2. The maximum atomic E-state index is 12.9. The molecule has 0 N–H and O–H groups in total. The Labute approximate surface area is 510 Å². The van der Waals surface area contributed by atoms with E-state index in [-0.39, 0.29) is 31.1 Å². The summed E-state index contributed by atoms with van der Waals surface area (Å²) in [6.45, 7) is 6.66. The Morgan fingerprint density at radius 2 is 0.439 bits per heavy atom. The number of allylic oxidation sites excluding steroid dienone is 10. The van der Waals surface area contributed by atoms with E-state index in [0.717, 1.165) is 89.9 Å². The third-order valence-electron chi connectivity index (χ3n) is 16.2. The zero-order valence-electron chi connectivity index (χ0n) is 55.0. The van der Waals surface area contributed by atoms with Crippen LogP contribution in [-0.2, 0) is 28.6 Å². The van der Waals surface area contributed by atoms with E-state index < -0.39 is 6.10 Å². The highest BCUT2D eigenvalue weighted by atomic mass is 16.6. The summed E-state index contributed by atoms with van der Waals surface area (Å²) in [5.74, 6) is -0.862. The Morgan fingerprint density at radius 3 is 0.695 bits per heavy atom. The average molecular weight is 1150 g/mol. The monoisotopic (exact) mass is 1150 g/mol. The van der Waals surface area contributed by atoms with Gasteiger partial charge in [0.25, 0.3) is 0 Å². The minimum absolute atomic E-state index is 0.0739. The van der Waals surface area contributed by atoms with Crippen molar-refractivity contribution in [2.45, 2.75) is 393 Å². The SMILES string of the molecule is CCCCCC/C=C\C/C=C\CCCCCCCC(=O)OCC(COC(=O)CCCCCCCCCCCCCCCCCC/C=C\C/C=C\C/C=C\CCCCCCC)OC(=O)CCCCCCCCCCCCCCCCCCC. The number of ether oxygens (including phenoxy) is 3. The normalized spacial score (nSPS) is 12.4. The van der Waals surface area contributed by atoms with Gasteiger partial charge in [0.2, 0.25) is 0 Å². The summed E-state index contributed by atoms with van der Waals surface area (Å²) < 4.78 is 17.0. The van der Waals surface area contributed by atoms with Gasteiger partial charge >= 0.3 is 17.9 Å². The lowest BCUT2D eigenvalue weighted by Gasteiger charge is -2.18. The molecule has 0 saturated heterocycles. The van der Waals surface area contributed by atoms with Crippen LogP contribution in [0.4, 0.5) is 0 Å². The van der Waals surface area contributed by atoms with Crippen LogP contribution in [0.25, 0.3) is 0 Å². The molecular formula is C76H138O6. The first-order valence-corrected chi connectivity index (χ1v) is 36.3. The molecule has 0 aliphatic heterocycles. The summed E-state index contributed by atoms with van der Waals surface area (Å²) in [5.41, 5.74) is 0. The predicted molar refractivity (Wildman–Crippen MR) is 358 cm³/mol. The quantitative estimate of drug-likeness (QED) is 0.0261. The number of hydrogen-bond acceptors (Lipinski definition) is 6. The molecule has 0 amide bonds. The van der Waals surface area contributed by atoms with E-state index in [4.69, 9.17) is 14.2 Å². The number of carbonyl (C=O) groups is 3. The van der Waals surface area contributed by atoms with Gasteiger partial charge in [-0.15, -0.1) is 0 Å². The molecule has 478 valence electrons. The van der Waals surface area contributed by atoms with Crippen molar-refractivity contribution in [1.82, 2.24) is 0 Å². The van der Waals surface area contributed by atoms with E-state index in [0.29, 0.717) is 19.3 Å². The van der Waals surface area contributed by atoms with E-state index in [2.05, 4.69) is 81.5 Å². The maximum Gasteiger partial charge on any atom is 0.306 e. The van der Waals surface area contributed by atoms with Crippen LogP contribution in [0.5, 0.6) is 0 Å². The van der Waals surface area contributed by atoms with Crippen LogP contribution in [0.2, 0.25) is 0 Å². The first-order valence-electron chi connectivity index (χ1n) is 36.3. The van der Waals surface area contributed by atoms with E-state index in [9.17, 15) is 14.4 Å². The zero-order valence-corrected chi connectivity index (χ0v) is 55.0. The lowest BCUT2D eigenvalue weighted by molar-refractivity contribution is -0.167. The molecule has 0 aromatic heterocycles. The van der Waals surface area contributed by atoms with Crippen molar-refractivity contribution >= 4 is 17.9 Å². The van der Waals surface area contributed by atoms with Gasteiger partial charge < -0.3 is 14.2 Å². The molecule has 0 fully saturated rings. The fourth-order valence-corrected chi connectivity index (χ4v) is 10.8. The highest BCUT2D eigenvalue weighted by Crippen LogP contribution is 2.18. The van der Waals surface area contributed by atoms with Crippen LogP contribution in [0, 0.1) is 0 Å². The van der Waals surface area contributed by atoms with E-state index >= 15 is 0 Å². The summed E-state index contributed by atoms with van der Waals surface area (Å²) in [6, 6.07) is 0. The van der Waals surface area contributed by atoms with Crippen molar-refractivity contribution in [3.63, 3.8) is 0 Å². The highest BCUT2D eigenvalue weighted by molar-refractivity contribution is 5.71. The number of unbranched alkanes of at least 4 members (excludes halogenated alkanes) is 46. The maximum absolute atomic E-state index is 12.9. The van der Waals surface area contributed by atoms with Crippen molar-refractivity contribution < 1.29 is 28.6 Å². The summed E-state index contributed by atoms with van der Waals surface area (Å²) in [4.78, 5) is 38.4. The van der Waals surface area contributed by atoms with Crippen LogP contribution in [0.1, 0.15) is 387 Å². The van der Waals surface area contributed by atoms with Crippen LogP contribution in [-0.4, -0.2) is 37.2 Å². The third kappa shape index (κ3) is 67.9. The van der Waals surface area contributed by atoms with E-state index in [1.165, 1.54) is 257 Å². The third-order valence-corrected chi connectivity index (χ3v) is 16.2. The highest BCUT2D eigenvalue weighted by Gasteiger charge is 2.19. The minimum Gasteiger partial charge on any atom is -0.462 e. The fraction of sp³-hybridized carbons (Fsp3) is 0.829. The fourth-order valence-electron chi connectivity index (χ4n) is 10.8. The van der Waals surface area contributed by atoms with Gasteiger partial charge in [-0.3, -0.25) is 14.4 Å². The number of hydrogen-bond donors (Lipinski definition) is 0. The molecule has 1 unspecified atom stereocenters. The summed E-state index contributed by atoms with van der Waals surface area (Å²) >= 11 is 0. The van der Waals surface area contributed by atoms with Gasteiger partial charge in [-0.05, 0) is 89.9 Å². The lowest BCUT2D eigenvalue weighted by atomic mass is 10.0. The van der Waals surface area contributed by atoms with Crippen molar-refractivity contribution in [2.24, 2.45) is 0 Å². The van der Waals surface area contributed by atoms with Gasteiger partial charge in [-0.1, -0.05) is 338 Å². The Bertz CT molecular complexity index is 1460. The molecule has 6 heteroatoms. The molecule has 0 aromatic rings. The molecule has 82 heavy (non-hydrogen) atoms. The van der Waals surface area contributed by atoms with Crippen molar-refractivity contribution in [1.29, 1.82) is 0 Å². The Kier molecular flexibility index (Phi) is 68.1. The molecular weight excluding hydrogens is 1010 g/mol. The first-order chi connectivity index (χ1) is 40.5. The van der Waals surface area contributed by atoms with Gasteiger partial charge in [0.05, 0.1) is 0 Å². The number of rotatable bonds is 67. The lowest BCUT2D eigenvalue weighted by Crippen LogP contribution is -2.30. The van der Waals surface area contributed by atoms with Gasteiger partial charge in [-0.2, -0.15) is 0 Å². The largest absolute Gasteiger partial charge is 0.462 e. The average Bonchev–Trinajstić information content (AvgIpc) is 3.47. The van der Waals surface area contributed by atoms with Crippen LogP contribution < -0.4 is 0 Å². The Hall–Kier alpha value is -2.89. The second-order valence-corrected chi connectivity index (χ2v) is 24.5. The first kappa shape index (κ1) is 79.1. The molecule has 0 rings (SSSR count). The van der Waals surface area contributed by atoms with Crippen LogP contribution in [0.3, 0.4) is 0 Å². The number of esters is 3. The Morgan fingerprint density at radius 1 is 0.244 bits per heavy atom. The van der Waals surface area contributed by atoms with E-state index in [1.54, 1.807) is 0 Å². The molecule has 0 radical (unpaired) electrons. The molecule has 0 aliphatic rings. The van der Waals surface area contributed by atoms with Crippen molar-refractivity contribution in [3.8, 4) is 0 Å².